The van der Waals surface area contributed by atoms with Gasteiger partial charge in [-0.05, 0) is 30.8 Å². The Labute approximate surface area is 214 Å². The predicted octanol–water partition coefficient (Wildman–Crippen LogP) is -1.12. The standard InChI is InChI=1S/C22H37N7O6S/c1-4-12(2)18(21(33)27-15(22(34)35)5-6-17(24)30)29-20(32)16(9-13-10-25-11-26-13)28-19(31)14(23)7-8-36-3/h10-12,14-16,18H,4-9,23H2,1-3H3,(H2,24,30)(H,25,26)(H,27,33)(H,28,31)(H,29,32)(H,34,35). The molecular weight excluding hydrogens is 490 g/mol. The third-order valence-electron chi connectivity index (χ3n) is 5.67. The number of hydrogen-bond acceptors (Lipinski definition) is 8. The molecule has 0 fully saturated rings. The first-order valence-electron chi connectivity index (χ1n) is 11.6. The highest BCUT2D eigenvalue weighted by Gasteiger charge is 2.33. The Balaban J connectivity index is 3.04. The molecule has 4 amide bonds. The van der Waals surface area contributed by atoms with Gasteiger partial charge >= 0.3 is 5.97 Å². The quantitative estimate of drug-likeness (QED) is 0.130. The first-order valence-corrected chi connectivity index (χ1v) is 13.0. The minimum Gasteiger partial charge on any atom is -0.480 e. The largest absolute Gasteiger partial charge is 0.480 e. The van der Waals surface area contributed by atoms with E-state index < -0.39 is 53.8 Å². The van der Waals surface area contributed by atoms with Crippen LogP contribution in [0.3, 0.4) is 0 Å². The highest BCUT2D eigenvalue weighted by Crippen LogP contribution is 2.11. The molecule has 9 N–H and O–H groups in total. The van der Waals surface area contributed by atoms with Gasteiger partial charge in [-0.15, -0.1) is 0 Å². The maximum Gasteiger partial charge on any atom is 0.326 e. The Morgan fingerprint density at radius 3 is 2.28 bits per heavy atom. The Bertz CT molecular complexity index is 882. The van der Waals surface area contributed by atoms with Gasteiger partial charge in [0.2, 0.25) is 23.6 Å². The lowest BCUT2D eigenvalue weighted by Gasteiger charge is -2.28. The van der Waals surface area contributed by atoms with E-state index in [1.807, 2.05) is 13.2 Å². The summed E-state index contributed by atoms with van der Waals surface area (Å²) in [6, 6.07) is -4.33. The maximum absolute atomic E-state index is 13.2. The number of carboxylic acids is 1. The first kappa shape index (κ1) is 30.9. The lowest BCUT2D eigenvalue weighted by Crippen LogP contribution is -2.59. The van der Waals surface area contributed by atoms with Gasteiger partial charge < -0.3 is 37.5 Å². The van der Waals surface area contributed by atoms with Gasteiger partial charge in [0.15, 0.2) is 0 Å². The van der Waals surface area contributed by atoms with Crippen LogP contribution in [0.15, 0.2) is 12.5 Å². The zero-order valence-corrected chi connectivity index (χ0v) is 21.6. The molecule has 0 radical (unpaired) electrons. The number of rotatable bonds is 17. The molecule has 0 aliphatic heterocycles. The summed E-state index contributed by atoms with van der Waals surface area (Å²) in [5, 5.41) is 17.1. The van der Waals surface area contributed by atoms with Crippen molar-refractivity contribution in [1.82, 2.24) is 25.9 Å². The summed E-state index contributed by atoms with van der Waals surface area (Å²) < 4.78 is 0. The first-order chi connectivity index (χ1) is 17.0. The second-order valence-electron chi connectivity index (χ2n) is 8.51. The third kappa shape index (κ3) is 10.6. The molecule has 36 heavy (non-hydrogen) atoms. The summed E-state index contributed by atoms with van der Waals surface area (Å²) >= 11 is 1.54. The summed E-state index contributed by atoms with van der Waals surface area (Å²) in [4.78, 5) is 68.3. The van der Waals surface area contributed by atoms with Crippen molar-refractivity contribution < 1.29 is 29.1 Å². The minimum atomic E-state index is -1.36. The van der Waals surface area contributed by atoms with Gasteiger partial charge in [0, 0.05) is 24.7 Å². The maximum atomic E-state index is 13.2. The van der Waals surface area contributed by atoms with Crippen LogP contribution in [0.4, 0.5) is 0 Å². The average Bonchev–Trinajstić information content (AvgIpc) is 3.34. The molecule has 13 nitrogen and oxygen atoms in total. The number of nitrogens with one attached hydrogen (secondary N) is 4. The molecule has 0 saturated heterocycles. The molecule has 0 aliphatic carbocycles. The van der Waals surface area contributed by atoms with Gasteiger partial charge in [0.05, 0.1) is 12.4 Å². The number of H-pyrrole nitrogens is 1. The smallest absolute Gasteiger partial charge is 0.326 e. The number of hydrogen-bond donors (Lipinski definition) is 7. The van der Waals surface area contributed by atoms with Crippen LogP contribution in [0.1, 0.15) is 45.2 Å². The number of aromatic nitrogens is 2. The summed E-state index contributed by atoms with van der Waals surface area (Å²) in [7, 11) is 0. The number of carbonyl (C=O) groups excluding carboxylic acids is 4. The molecule has 0 aliphatic rings. The average molecular weight is 528 g/mol. The minimum absolute atomic E-state index is 0.0675. The third-order valence-corrected chi connectivity index (χ3v) is 6.31. The molecular formula is C22H37N7O6S. The van der Waals surface area contributed by atoms with E-state index in [0.29, 0.717) is 24.3 Å². The van der Waals surface area contributed by atoms with E-state index >= 15 is 0 Å². The lowest BCUT2D eigenvalue weighted by molar-refractivity contribution is -0.143. The zero-order chi connectivity index (χ0) is 27.3. The molecule has 5 atom stereocenters. The van der Waals surface area contributed by atoms with Crippen LogP contribution < -0.4 is 27.4 Å². The van der Waals surface area contributed by atoms with Crippen molar-refractivity contribution in [2.75, 3.05) is 12.0 Å². The number of aromatic amines is 1. The Hall–Kier alpha value is -3.13. The van der Waals surface area contributed by atoms with Crippen LogP contribution in [0.5, 0.6) is 0 Å². The molecule has 202 valence electrons. The van der Waals surface area contributed by atoms with Crippen molar-refractivity contribution in [3.63, 3.8) is 0 Å². The lowest BCUT2D eigenvalue weighted by atomic mass is 9.96. The van der Waals surface area contributed by atoms with E-state index in [0.717, 1.165) is 0 Å². The zero-order valence-electron chi connectivity index (χ0n) is 20.8. The van der Waals surface area contributed by atoms with Crippen molar-refractivity contribution in [2.24, 2.45) is 17.4 Å². The molecule has 1 aromatic rings. The van der Waals surface area contributed by atoms with Crippen LogP contribution in [0.25, 0.3) is 0 Å². The second-order valence-corrected chi connectivity index (χ2v) is 9.49. The van der Waals surface area contributed by atoms with Gasteiger partial charge in [-0.2, -0.15) is 11.8 Å². The summed E-state index contributed by atoms with van der Waals surface area (Å²) in [6.45, 7) is 3.54. The van der Waals surface area contributed by atoms with Gasteiger partial charge in [0.1, 0.15) is 18.1 Å². The van der Waals surface area contributed by atoms with Crippen molar-refractivity contribution in [1.29, 1.82) is 0 Å². The fraction of sp³-hybridized carbons (Fsp3) is 0.636. The summed E-state index contributed by atoms with van der Waals surface area (Å²) in [5.74, 6) is -3.60. The second kappa shape index (κ2) is 15.8. The molecule has 5 unspecified atom stereocenters. The van der Waals surface area contributed by atoms with E-state index in [2.05, 4.69) is 25.9 Å². The Morgan fingerprint density at radius 2 is 1.75 bits per heavy atom. The monoisotopic (exact) mass is 527 g/mol. The number of aliphatic carboxylic acids is 1. The summed E-state index contributed by atoms with van der Waals surface area (Å²) in [6.07, 6.45) is 5.40. The highest BCUT2D eigenvalue weighted by molar-refractivity contribution is 7.98. The van der Waals surface area contributed by atoms with E-state index in [4.69, 9.17) is 11.5 Å². The van der Waals surface area contributed by atoms with E-state index in [9.17, 15) is 29.1 Å². The number of primary amides is 1. The van der Waals surface area contributed by atoms with E-state index in [1.54, 1.807) is 18.7 Å². The number of amides is 4. The van der Waals surface area contributed by atoms with Crippen LogP contribution in [-0.4, -0.2) is 80.8 Å². The fourth-order valence-electron chi connectivity index (χ4n) is 3.24. The molecule has 0 bridgehead atoms. The van der Waals surface area contributed by atoms with E-state index in [-0.39, 0.29) is 25.2 Å². The number of carbonyl (C=O) groups is 5. The molecule has 0 saturated carbocycles. The Morgan fingerprint density at radius 1 is 1.08 bits per heavy atom. The number of thioether (sulfide) groups is 1. The fourth-order valence-corrected chi connectivity index (χ4v) is 3.73. The Kier molecular flexibility index (Phi) is 13.5. The van der Waals surface area contributed by atoms with Crippen molar-refractivity contribution in [3.05, 3.63) is 18.2 Å². The van der Waals surface area contributed by atoms with Crippen LogP contribution in [-0.2, 0) is 30.4 Å². The summed E-state index contributed by atoms with van der Waals surface area (Å²) in [5.41, 5.74) is 11.6. The molecule has 1 aromatic heterocycles. The number of imidazole rings is 1. The molecule has 0 spiro atoms. The molecule has 1 rings (SSSR count). The molecule has 14 heteroatoms. The van der Waals surface area contributed by atoms with Gasteiger partial charge in [0.25, 0.3) is 0 Å². The van der Waals surface area contributed by atoms with Gasteiger partial charge in [-0.25, -0.2) is 9.78 Å². The van der Waals surface area contributed by atoms with Gasteiger partial charge in [-0.3, -0.25) is 19.2 Å². The van der Waals surface area contributed by atoms with Crippen molar-refractivity contribution >= 4 is 41.4 Å². The van der Waals surface area contributed by atoms with Gasteiger partial charge in [-0.1, -0.05) is 20.3 Å². The number of nitrogens with zero attached hydrogens (tertiary/aromatic N) is 1. The molecule has 1 heterocycles. The molecule has 0 aromatic carbocycles. The van der Waals surface area contributed by atoms with Crippen LogP contribution in [0, 0.1) is 5.92 Å². The van der Waals surface area contributed by atoms with Crippen molar-refractivity contribution in [3.8, 4) is 0 Å². The normalized spacial score (nSPS) is 15.1. The van der Waals surface area contributed by atoms with Crippen molar-refractivity contribution in [2.45, 2.75) is 70.1 Å². The topological polar surface area (TPSA) is 222 Å². The predicted molar refractivity (Wildman–Crippen MR) is 135 cm³/mol. The SMILES string of the molecule is CCC(C)C(NC(=O)C(Cc1cnc[nH]1)NC(=O)C(N)CCSC)C(=O)NC(CCC(N)=O)C(=O)O. The number of nitrogens with two attached hydrogens (primary N) is 2. The van der Waals surface area contributed by atoms with Crippen LogP contribution in [0.2, 0.25) is 0 Å². The highest BCUT2D eigenvalue weighted by atomic mass is 32.2. The van der Waals surface area contributed by atoms with E-state index in [1.165, 1.54) is 12.5 Å². The number of carboxylic acid groups (broad SMARTS) is 1. The van der Waals surface area contributed by atoms with Crippen LogP contribution >= 0.6 is 11.8 Å².